The van der Waals surface area contributed by atoms with Crippen molar-refractivity contribution in [1.29, 1.82) is 0 Å². The first-order chi connectivity index (χ1) is 44.9. The van der Waals surface area contributed by atoms with E-state index in [9.17, 15) is 27.6 Å². The van der Waals surface area contributed by atoms with E-state index in [4.69, 9.17) is 31.5 Å². The van der Waals surface area contributed by atoms with Gasteiger partial charge in [-0.05, 0) is 102 Å². The van der Waals surface area contributed by atoms with E-state index in [1.54, 1.807) is 30.3 Å². The van der Waals surface area contributed by atoms with Gasteiger partial charge in [-0.15, -0.1) is 24.0 Å². The van der Waals surface area contributed by atoms with Gasteiger partial charge in [-0.3, -0.25) is 34.1 Å². The summed E-state index contributed by atoms with van der Waals surface area (Å²) in [4.78, 5) is 57.2. The van der Waals surface area contributed by atoms with Gasteiger partial charge in [0, 0.05) is 151 Å². The lowest BCUT2D eigenvalue weighted by molar-refractivity contribution is -0.137. The first kappa shape index (κ1) is 73.1. The SMILES string of the molecule is Cl.ClCCN1CCOCC1.NCc1ccccc1.O=C(NCc1cccc(C(F)(F)F)c1)c1ccnc(-c2cc(N3CCCCC3)ccc2NC(=O)c2cccc(C(=O)N(CCN3CCOCC3)Cc3ccccc3)c2)c1.c1ccc(CNCCN2CCOCC2)cc1. The van der Waals surface area contributed by atoms with Crippen molar-refractivity contribution in [2.24, 2.45) is 5.73 Å². The Morgan fingerprint density at radius 3 is 1.72 bits per heavy atom. The predicted octanol–water partition coefficient (Wildman–Crippen LogP) is 11.1. The lowest BCUT2D eigenvalue weighted by Crippen LogP contribution is -2.43. The molecule has 0 saturated carbocycles. The summed E-state index contributed by atoms with van der Waals surface area (Å²) in [6.45, 7) is 18.8. The van der Waals surface area contributed by atoms with Crippen LogP contribution in [0.1, 0.15) is 78.2 Å². The first-order valence-corrected chi connectivity index (χ1v) is 32.4. The molecule has 4 aliphatic rings. The number of morpholine rings is 3. The number of ether oxygens (including phenoxy) is 3. The van der Waals surface area contributed by atoms with Crippen molar-refractivity contribution in [1.82, 2.24) is 35.2 Å². The molecule has 16 nitrogen and oxygen atoms in total. The second kappa shape index (κ2) is 40.1. The van der Waals surface area contributed by atoms with Crippen molar-refractivity contribution in [2.45, 2.75) is 51.6 Å². The van der Waals surface area contributed by atoms with E-state index in [1.807, 2.05) is 83.8 Å². The van der Waals surface area contributed by atoms with E-state index in [0.29, 0.717) is 73.0 Å². The van der Waals surface area contributed by atoms with Gasteiger partial charge in [0.1, 0.15) is 0 Å². The fourth-order valence-electron chi connectivity index (χ4n) is 10.8. The molecule has 4 aliphatic heterocycles. The minimum atomic E-state index is -4.50. The van der Waals surface area contributed by atoms with Crippen LogP contribution in [0.4, 0.5) is 24.5 Å². The zero-order valence-corrected chi connectivity index (χ0v) is 54.5. The van der Waals surface area contributed by atoms with Crippen LogP contribution in [0.2, 0.25) is 0 Å². The number of hydrogen-bond acceptors (Lipinski definition) is 13. The summed E-state index contributed by atoms with van der Waals surface area (Å²) in [7, 11) is 0. The quantitative estimate of drug-likeness (QED) is 0.0396. The number of nitrogens with zero attached hydrogens (tertiary/aromatic N) is 6. The predicted molar refractivity (Wildman–Crippen MR) is 366 cm³/mol. The molecule has 0 unspecified atom stereocenters. The minimum Gasteiger partial charge on any atom is -0.379 e. The third-order valence-corrected chi connectivity index (χ3v) is 16.3. The molecule has 0 atom stereocenters. The molecule has 3 amide bonds. The Kier molecular flexibility index (Phi) is 31.5. The van der Waals surface area contributed by atoms with Crippen molar-refractivity contribution in [3.8, 4) is 11.3 Å². The van der Waals surface area contributed by atoms with E-state index in [-0.39, 0.29) is 30.4 Å². The zero-order valence-electron chi connectivity index (χ0n) is 53.0. The van der Waals surface area contributed by atoms with Gasteiger partial charge in [-0.2, -0.15) is 13.2 Å². The fraction of sp³-hybridized carbons (Fsp3) is 0.389. The van der Waals surface area contributed by atoms with E-state index in [0.717, 1.165) is 153 Å². The van der Waals surface area contributed by atoms with Crippen molar-refractivity contribution < 1.29 is 41.8 Å². The van der Waals surface area contributed by atoms with E-state index in [2.05, 4.69) is 70.9 Å². The van der Waals surface area contributed by atoms with Gasteiger partial charge in [0.05, 0.1) is 56.6 Å². The maximum absolute atomic E-state index is 14.1. The van der Waals surface area contributed by atoms with Gasteiger partial charge in [0.2, 0.25) is 0 Å². The lowest BCUT2D eigenvalue weighted by atomic mass is 10.0. The minimum absolute atomic E-state index is 0. The van der Waals surface area contributed by atoms with Crippen LogP contribution in [0, 0.1) is 0 Å². The Hall–Kier alpha value is -7.27. The number of anilines is 2. The molecule has 5 heterocycles. The van der Waals surface area contributed by atoms with Crippen LogP contribution in [0.5, 0.6) is 0 Å². The molecule has 5 N–H and O–H groups in total. The van der Waals surface area contributed by atoms with Crippen LogP contribution in [0.25, 0.3) is 11.3 Å². The molecular weight excluding hydrogens is 1230 g/mol. The topological polar surface area (TPSA) is 170 Å². The summed E-state index contributed by atoms with van der Waals surface area (Å²) in [6.07, 6.45) is 0.250. The number of benzene rings is 6. The van der Waals surface area contributed by atoms with Crippen molar-refractivity contribution in [3.05, 3.63) is 221 Å². The average Bonchev–Trinajstić information content (AvgIpc) is 1.53. The van der Waals surface area contributed by atoms with Crippen LogP contribution in [-0.2, 0) is 46.6 Å². The van der Waals surface area contributed by atoms with Crippen LogP contribution >= 0.6 is 24.0 Å². The standard InChI is InChI=1S/C46H47F3N6O4.C13H20N2O.C7H9N.C6H12ClNO.ClH/c47-46(48,49)38-14-7-11-34(27-38)31-51-43(56)36-17-18-50-42(29-36)40-30-39(54-19-5-2-6-20-54)15-16-41(40)52-44(57)35-12-8-13-37(28-35)45(58)55(32-33-9-3-1-4-10-33)22-21-53-23-25-59-26-24-53;1-2-4-13(5-3-1)12-14-6-7-15-8-10-16-11-9-15;8-6-7-4-2-1-3-5-7;7-1-2-8-3-5-9-6-4-8;/h1,3-4,7-18,27-30H,2,5-6,19-26,31-32H2,(H,51,56)(H,52,57);1-5,14H,6-12H2;1-5H,6,8H2;1-6H2;1H. The number of rotatable bonds is 21. The Balaban J connectivity index is 0.000000289. The number of alkyl halides is 4. The molecule has 0 aliphatic carbocycles. The highest BCUT2D eigenvalue weighted by atomic mass is 35.5. The maximum atomic E-state index is 14.1. The van der Waals surface area contributed by atoms with Gasteiger partial charge in [0.15, 0.2) is 0 Å². The van der Waals surface area contributed by atoms with E-state index >= 15 is 0 Å². The number of nitrogens with one attached hydrogen (secondary N) is 3. The number of piperidine rings is 1. The molecule has 7 aromatic rings. The molecule has 0 bridgehead atoms. The third kappa shape index (κ3) is 25.2. The second-order valence-electron chi connectivity index (χ2n) is 22.7. The molecule has 4 fully saturated rings. The zero-order chi connectivity index (χ0) is 64.6. The monoisotopic (exact) mass is 1320 g/mol. The van der Waals surface area contributed by atoms with Crippen LogP contribution in [-0.4, -0.2) is 173 Å². The molecule has 21 heteroatoms. The maximum Gasteiger partial charge on any atom is 0.416 e. The van der Waals surface area contributed by atoms with E-state index in [1.165, 1.54) is 35.5 Å². The van der Waals surface area contributed by atoms with Gasteiger partial charge >= 0.3 is 6.18 Å². The Labute approximate surface area is 557 Å². The number of nitrogens with two attached hydrogens (primary N) is 1. The molecule has 6 aromatic carbocycles. The molecule has 1 aromatic heterocycles. The largest absolute Gasteiger partial charge is 0.416 e. The van der Waals surface area contributed by atoms with Crippen molar-refractivity contribution >= 4 is 53.1 Å². The third-order valence-electron chi connectivity index (χ3n) is 16.1. The summed E-state index contributed by atoms with van der Waals surface area (Å²) < 4.78 is 55.8. The van der Waals surface area contributed by atoms with Gasteiger partial charge < -0.3 is 45.7 Å². The number of pyridine rings is 1. The highest BCUT2D eigenvalue weighted by molar-refractivity contribution is 6.18. The summed E-state index contributed by atoms with van der Waals surface area (Å²) in [5.41, 5.74) is 11.8. The Morgan fingerprint density at radius 2 is 1.12 bits per heavy atom. The second-order valence-corrected chi connectivity index (χ2v) is 23.1. The molecular formula is C72H89Cl2F3N10O6. The smallest absolute Gasteiger partial charge is 0.379 e. The lowest BCUT2D eigenvalue weighted by Gasteiger charge is -2.30. The van der Waals surface area contributed by atoms with Crippen LogP contribution in [0.15, 0.2) is 176 Å². The first-order valence-electron chi connectivity index (χ1n) is 31.9. The molecule has 93 heavy (non-hydrogen) atoms. The molecule has 11 rings (SSSR count). The number of amides is 3. The molecule has 0 spiro atoms. The summed E-state index contributed by atoms with van der Waals surface area (Å²) in [5, 5.41) is 9.22. The summed E-state index contributed by atoms with van der Waals surface area (Å²) in [6, 6.07) is 50.7. The molecule has 498 valence electrons. The van der Waals surface area contributed by atoms with Crippen molar-refractivity contribution in [2.75, 3.05) is 141 Å². The van der Waals surface area contributed by atoms with E-state index < -0.39 is 23.6 Å². The Bertz CT molecular complexity index is 3300. The van der Waals surface area contributed by atoms with Crippen molar-refractivity contribution in [3.63, 3.8) is 0 Å². The van der Waals surface area contributed by atoms with Crippen LogP contribution in [0.3, 0.4) is 0 Å². The van der Waals surface area contributed by atoms with Gasteiger partial charge in [-0.25, -0.2) is 0 Å². The Morgan fingerprint density at radius 1 is 0.559 bits per heavy atom. The van der Waals surface area contributed by atoms with Gasteiger partial charge in [0.25, 0.3) is 17.7 Å². The molecule has 4 saturated heterocycles. The number of carbonyl (C=O) groups excluding carboxylic acids is 3. The highest BCUT2D eigenvalue weighted by Crippen LogP contribution is 2.34. The summed E-state index contributed by atoms with van der Waals surface area (Å²) >= 11 is 5.55. The number of hydrogen-bond donors (Lipinski definition) is 4. The van der Waals surface area contributed by atoms with Crippen LogP contribution < -0.4 is 26.6 Å². The van der Waals surface area contributed by atoms with Gasteiger partial charge in [-0.1, -0.05) is 109 Å². The average molecular weight is 1320 g/mol. The number of aromatic nitrogens is 1. The summed E-state index contributed by atoms with van der Waals surface area (Å²) in [5.74, 6) is -0.364. The normalized spacial score (nSPS) is 15.3. The fourth-order valence-corrected chi connectivity index (χ4v) is 11.1. The number of carbonyl (C=O) groups is 3. The highest BCUT2D eigenvalue weighted by Gasteiger charge is 2.30. The number of halogens is 5. The molecule has 0 radical (unpaired) electrons.